The third-order valence-electron chi connectivity index (χ3n) is 3.92. The van der Waals surface area contributed by atoms with E-state index in [1.165, 1.54) is 70.6 Å². The van der Waals surface area contributed by atoms with Crippen LogP contribution < -0.4 is 51.4 Å². The summed E-state index contributed by atoms with van der Waals surface area (Å²) >= 11 is 0. The van der Waals surface area contributed by atoms with Crippen LogP contribution in [0.15, 0.2) is 12.2 Å². The zero-order valence-corrected chi connectivity index (χ0v) is 19.9. The van der Waals surface area contributed by atoms with E-state index in [1.807, 2.05) is 0 Å². The van der Waals surface area contributed by atoms with Crippen LogP contribution in [0.3, 0.4) is 0 Å². The maximum Gasteiger partial charge on any atom is 1.00 e. The monoisotopic (exact) mass is 388 g/mol. The van der Waals surface area contributed by atoms with Gasteiger partial charge in [-0.05, 0) is 32.1 Å². The Hall–Kier alpha value is 1.49. The fourth-order valence-electron chi connectivity index (χ4n) is 2.53. The van der Waals surface area contributed by atoms with Crippen LogP contribution in [0.1, 0.15) is 98.2 Å². The molecule has 0 aliphatic rings. The van der Waals surface area contributed by atoms with E-state index in [-0.39, 0.29) is 59.4 Å². The van der Waals surface area contributed by atoms with Gasteiger partial charge in [-0.25, -0.2) is 4.57 Å². The van der Waals surface area contributed by atoms with Gasteiger partial charge in [-0.3, -0.25) is 4.52 Å². The predicted octanol–water partition coefficient (Wildman–Crippen LogP) is 3.25. The van der Waals surface area contributed by atoms with Crippen molar-refractivity contribution >= 4 is 7.82 Å². The first-order chi connectivity index (χ1) is 11.1. The topological polar surface area (TPSA) is 66.8 Å². The molecule has 0 unspecified atom stereocenters. The average Bonchev–Trinajstić information content (AvgIpc) is 2.49. The first kappa shape index (κ1) is 27.7. The van der Waals surface area contributed by atoms with Gasteiger partial charge in [-0.2, -0.15) is 0 Å². The van der Waals surface area contributed by atoms with Gasteiger partial charge in [0.2, 0.25) is 0 Å². The quantitative estimate of drug-likeness (QED) is 0.174. The second kappa shape index (κ2) is 20.8. The summed E-state index contributed by atoms with van der Waals surface area (Å²) < 4.78 is 14.9. The minimum absolute atomic E-state index is 0. The number of hydrogen-bond acceptors (Lipinski definition) is 2. The maximum absolute atomic E-state index is 10.5. The largest absolute Gasteiger partial charge is 1.00 e. The summed E-state index contributed by atoms with van der Waals surface area (Å²) in [5.41, 5.74) is 0. The molecule has 2 N–H and O–H groups in total. The van der Waals surface area contributed by atoms with Crippen LogP contribution in [-0.4, -0.2) is 16.4 Å². The van der Waals surface area contributed by atoms with Crippen molar-refractivity contribution < 1.29 is 71.7 Å². The Kier molecular flexibility index (Phi) is 24.0. The number of phosphoric ester groups is 1. The van der Waals surface area contributed by atoms with Crippen LogP contribution in [-0.2, 0) is 9.09 Å². The Morgan fingerprint density at radius 1 is 0.792 bits per heavy atom. The molecule has 0 saturated heterocycles. The van der Waals surface area contributed by atoms with Crippen LogP contribution in [0, 0.1) is 0 Å². The van der Waals surface area contributed by atoms with Gasteiger partial charge in [0.15, 0.2) is 0 Å². The molecule has 0 amide bonds. The van der Waals surface area contributed by atoms with Crippen molar-refractivity contribution in [1.82, 2.24) is 0 Å². The summed E-state index contributed by atoms with van der Waals surface area (Å²) in [4.78, 5) is 17.1. The van der Waals surface area contributed by atoms with Gasteiger partial charge in [0.05, 0.1) is 6.61 Å². The van der Waals surface area contributed by atoms with E-state index in [4.69, 9.17) is 9.79 Å². The Morgan fingerprint density at radius 3 is 1.67 bits per heavy atom. The zero-order chi connectivity index (χ0) is 17.2. The van der Waals surface area contributed by atoms with Crippen molar-refractivity contribution in [2.75, 3.05) is 6.61 Å². The molecule has 0 fully saturated rings. The molecule has 4 nitrogen and oxygen atoms in total. The van der Waals surface area contributed by atoms with Crippen LogP contribution in [0.4, 0.5) is 0 Å². The molecule has 0 radical (unpaired) electrons. The van der Waals surface area contributed by atoms with Gasteiger partial charge in [0, 0.05) is 0 Å². The van der Waals surface area contributed by atoms with Crippen molar-refractivity contribution in [1.29, 1.82) is 0 Å². The number of unbranched alkanes of at least 4 members (excludes halogenated alkanes) is 12. The molecule has 0 aromatic heterocycles. The average molecular weight is 389 g/mol. The van der Waals surface area contributed by atoms with Gasteiger partial charge >= 0.3 is 59.2 Å². The summed E-state index contributed by atoms with van der Waals surface area (Å²) in [7, 11) is -4.26. The van der Waals surface area contributed by atoms with Crippen molar-refractivity contribution in [2.45, 2.75) is 96.8 Å². The Morgan fingerprint density at radius 2 is 1.21 bits per heavy atom. The summed E-state index contributed by atoms with van der Waals surface area (Å²) in [6.45, 7) is 2.41. The SMILES string of the molecule is CCCCCCCC/C=C\CCCCCCCCOP(=O)(O)O.[H-].[K+]. The molecule has 0 aliphatic carbocycles. The van der Waals surface area contributed by atoms with Gasteiger partial charge < -0.3 is 11.2 Å². The van der Waals surface area contributed by atoms with Gasteiger partial charge in [0.1, 0.15) is 0 Å². The van der Waals surface area contributed by atoms with Gasteiger partial charge in [0.25, 0.3) is 0 Å². The van der Waals surface area contributed by atoms with Crippen LogP contribution in [0.5, 0.6) is 0 Å². The molecule has 0 aromatic rings. The molecule has 24 heavy (non-hydrogen) atoms. The van der Waals surface area contributed by atoms with E-state index in [1.54, 1.807) is 0 Å². The molecular formula is C18H38KO4P. The minimum Gasteiger partial charge on any atom is -1.00 e. The summed E-state index contributed by atoms with van der Waals surface area (Å²) in [5, 5.41) is 0. The normalized spacial score (nSPS) is 11.8. The molecule has 0 rings (SSSR count). The Balaban J connectivity index is -0.00000242. The third kappa shape index (κ3) is 25.7. The summed E-state index contributed by atoms with van der Waals surface area (Å²) in [6, 6.07) is 0. The van der Waals surface area contributed by atoms with E-state index < -0.39 is 7.82 Å². The molecule has 0 bridgehead atoms. The molecule has 0 aliphatic heterocycles. The van der Waals surface area contributed by atoms with Gasteiger partial charge in [-0.15, -0.1) is 0 Å². The molecule has 0 saturated carbocycles. The number of phosphoric acid groups is 1. The second-order valence-electron chi connectivity index (χ2n) is 6.26. The first-order valence-corrected chi connectivity index (χ1v) is 10.9. The van der Waals surface area contributed by atoms with Crippen molar-refractivity contribution in [2.24, 2.45) is 0 Å². The van der Waals surface area contributed by atoms with Crippen molar-refractivity contribution in [3.63, 3.8) is 0 Å². The van der Waals surface area contributed by atoms with E-state index in [0.717, 1.165) is 19.3 Å². The maximum atomic E-state index is 10.5. The van der Waals surface area contributed by atoms with E-state index in [2.05, 4.69) is 23.6 Å². The molecule has 0 atom stereocenters. The van der Waals surface area contributed by atoms with Crippen molar-refractivity contribution in [3.05, 3.63) is 12.2 Å². The standard InChI is InChI=1S/C18H37O4P.K.H/c1-2-3-4-5-6-7-8-9-10-11-12-13-14-15-16-17-18-22-23(19,20)21;;/h9-10H,2-8,11-18H2,1H3,(H2,19,20,21);;/q;+1;-1/b10-9-;;. The molecule has 6 heteroatoms. The Labute approximate surface area is 193 Å². The Bertz CT molecular complexity index is 324. The fraction of sp³-hybridized carbons (Fsp3) is 0.889. The van der Waals surface area contributed by atoms with E-state index in [9.17, 15) is 4.57 Å². The first-order valence-electron chi connectivity index (χ1n) is 9.41. The second-order valence-corrected chi connectivity index (χ2v) is 7.50. The molecule has 140 valence electrons. The van der Waals surface area contributed by atoms with Crippen LogP contribution in [0.25, 0.3) is 0 Å². The van der Waals surface area contributed by atoms with Gasteiger partial charge in [-0.1, -0.05) is 76.9 Å². The summed E-state index contributed by atoms with van der Waals surface area (Å²) in [6.07, 6.45) is 21.7. The van der Waals surface area contributed by atoms with E-state index >= 15 is 0 Å². The number of allylic oxidation sites excluding steroid dienone is 2. The number of rotatable bonds is 17. The zero-order valence-electron chi connectivity index (χ0n) is 16.9. The van der Waals surface area contributed by atoms with Crippen LogP contribution in [0.2, 0.25) is 0 Å². The number of hydrogen-bond donors (Lipinski definition) is 2. The third-order valence-corrected chi connectivity index (χ3v) is 4.43. The van der Waals surface area contributed by atoms with Crippen molar-refractivity contribution in [3.8, 4) is 0 Å². The molecule has 0 heterocycles. The summed E-state index contributed by atoms with van der Waals surface area (Å²) in [5.74, 6) is 0. The van der Waals surface area contributed by atoms with E-state index in [0.29, 0.717) is 0 Å². The predicted molar refractivity (Wildman–Crippen MR) is 98.6 cm³/mol. The van der Waals surface area contributed by atoms with Crippen LogP contribution >= 0.6 is 7.82 Å². The molecule has 0 spiro atoms. The fourth-order valence-corrected chi connectivity index (χ4v) is 2.90. The molecular weight excluding hydrogens is 350 g/mol. The smallest absolute Gasteiger partial charge is 1.00 e. The molecule has 0 aromatic carbocycles. The minimum atomic E-state index is -4.26.